The van der Waals surface area contributed by atoms with Gasteiger partial charge in [0.2, 0.25) is 5.91 Å². The van der Waals surface area contributed by atoms with Crippen molar-refractivity contribution in [3.8, 4) is 11.5 Å². The van der Waals surface area contributed by atoms with Crippen LogP contribution in [-0.4, -0.2) is 62.1 Å². The van der Waals surface area contributed by atoms with Crippen LogP contribution in [0.1, 0.15) is 40.8 Å². The van der Waals surface area contributed by atoms with Crippen LogP contribution in [0.2, 0.25) is 0 Å². The summed E-state index contributed by atoms with van der Waals surface area (Å²) in [4.78, 5) is 30.4. The molecule has 0 aliphatic heterocycles. The van der Waals surface area contributed by atoms with E-state index >= 15 is 0 Å². The third kappa shape index (κ3) is 8.08. The molecule has 0 unspecified atom stereocenters. The van der Waals surface area contributed by atoms with Gasteiger partial charge in [0, 0.05) is 32.4 Å². The second-order valence-electron chi connectivity index (χ2n) is 8.73. The summed E-state index contributed by atoms with van der Waals surface area (Å²) in [6, 6.07) is 14.6. The third-order valence-electron chi connectivity index (χ3n) is 5.96. The molecule has 0 bridgehead atoms. The lowest BCUT2D eigenvalue weighted by molar-refractivity contribution is -0.133. The van der Waals surface area contributed by atoms with Gasteiger partial charge in [-0.15, -0.1) is 0 Å². The van der Waals surface area contributed by atoms with Crippen molar-refractivity contribution in [1.82, 2.24) is 9.80 Å². The highest BCUT2D eigenvalue weighted by Gasteiger charge is 2.25. The predicted octanol–water partition coefficient (Wildman–Crippen LogP) is 4.84. The number of rotatable bonds is 14. The summed E-state index contributed by atoms with van der Waals surface area (Å²) >= 11 is 0. The zero-order valence-electron chi connectivity index (χ0n) is 22.4. The maximum absolute atomic E-state index is 13.6. The van der Waals surface area contributed by atoms with Gasteiger partial charge in [-0.2, -0.15) is 0 Å². The van der Waals surface area contributed by atoms with Gasteiger partial charge in [0.25, 0.3) is 5.91 Å². The number of ether oxygens (including phenoxy) is 3. The first kappa shape index (κ1) is 28.7. The fourth-order valence-electron chi connectivity index (χ4n) is 3.96. The van der Waals surface area contributed by atoms with Crippen molar-refractivity contribution in [1.29, 1.82) is 0 Å². The van der Waals surface area contributed by atoms with Crippen LogP contribution >= 0.6 is 0 Å². The topological polar surface area (TPSA) is 81.5 Å². The van der Waals surface area contributed by atoms with E-state index in [9.17, 15) is 14.0 Å². The molecule has 1 aromatic heterocycles. The Bertz CT molecular complexity index is 1190. The minimum atomic E-state index is -0.354. The number of nitrogens with zero attached hydrogens (tertiary/aromatic N) is 2. The fourth-order valence-corrected chi connectivity index (χ4v) is 3.96. The Balaban J connectivity index is 1.85. The van der Waals surface area contributed by atoms with Crippen molar-refractivity contribution in [2.45, 2.75) is 33.4 Å². The summed E-state index contributed by atoms with van der Waals surface area (Å²) < 4.78 is 35.3. The van der Waals surface area contributed by atoms with Gasteiger partial charge in [-0.3, -0.25) is 9.59 Å². The minimum absolute atomic E-state index is 0.166. The number of benzene rings is 2. The zero-order valence-corrected chi connectivity index (χ0v) is 22.4. The number of aryl methyl sites for hydroxylation is 1. The van der Waals surface area contributed by atoms with Crippen molar-refractivity contribution in [2.75, 3.05) is 40.5 Å². The molecule has 3 aromatic rings. The first-order valence-corrected chi connectivity index (χ1v) is 12.5. The molecule has 0 spiro atoms. The monoisotopic (exact) mass is 526 g/mol. The Hall–Kier alpha value is -3.85. The van der Waals surface area contributed by atoms with Crippen LogP contribution in [0.25, 0.3) is 0 Å². The standard InChI is InChI=1S/C29H35FN2O6/c1-5-37-16-6-15-31(29(34)26-14-13-24(35-3)17-27(26)36-4)20-28(33)32(19-25-12-7-21(2)38-25)18-22-8-10-23(30)11-9-22/h7-14,17H,5-6,15-16,18-20H2,1-4H3. The average molecular weight is 527 g/mol. The van der Waals surface area contributed by atoms with Crippen LogP contribution in [0, 0.1) is 12.7 Å². The SMILES string of the molecule is CCOCCCN(CC(=O)N(Cc1ccc(F)cc1)Cc1ccc(C)o1)C(=O)c1ccc(OC)cc1OC. The molecule has 8 nitrogen and oxygen atoms in total. The predicted molar refractivity (Wildman–Crippen MR) is 141 cm³/mol. The lowest BCUT2D eigenvalue weighted by atomic mass is 10.1. The van der Waals surface area contributed by atoms with Gasteiger partial charge in [0.1, 0.15) is 35.4 Å². The molecule has 0 aliphatic rings. The summed E-state index contributed by atoms with van der Waals surface area (Å²) in [7, 11) is 3.01. The lowest BCUT2D eigenvalue weighted by Crippen LogP contribution is -2.43. The molecule has 3 rings (SSSR count). The van der Waals surface area contributed by atoms with Crippen LogP contribution < -0.4 is 9.47 Å². The van der Waals surface area contributed by atoms with E-state index in [0.717, 1.165) is 11.3 Å². The fraction of sp³-hybridized carbons (Fsp3) is 0.379. The van der Waals surface area contributed by atoms with E-state index in [1.165, 1.54) is 31.3 Å². The van der Waals surface area contributed by atoms with Gasteiger partial charge in [-0.25, -0.2) is 4.39 Å². The quantitative estimate of drug-likeness (QED) is 0.280. The molecule has 2 aromatic carbocycles. The Morgan fingerprint density at radius 3 is 2.34 bits per heavy atom. The third-order valence-corrected chi connectivity index (χ3v) is 5.96. The summed E-state index contributed by atoms with van der Waals surface area (Å²) in [5, 5.41) is 0. The Labute approximate surface area is 222 Å². The molecule has 0 radical (unpaired) electrons. The molecule has 1 heterocycles. The van der Waals surface area contributed by atoms with E-state index in [0.29, 0.717) is 49.0 Å². The Kier molecular flexibility index (Phi) is 10.7. The van der Waals surface area contributed by atoms with Crippen LogP contribution in [0.5, 0.6) is 11.5 Å². The molecular formula is C29H35FN2O6. The number of furan rings is 1. The molecule has 9 heteroatoms. The van der Waals surface area contributed by atoms with Crippen LogP contribution in [-0.2, 0) is 22.6 Å². The molecule has 0 aliphatic carbocycles. The number of amides is 2. The maximum Gasteiger partial charge on any atom is 0.258 e. The van der Waals surface area contributed by atoms with Gasteiger partial charge in [0.05, 0.1) is 26.3 Å². The van der Waals surface area contributed by atoms with Crippen molar-refractivity contribution < 1.29 is 32.6 Å². The molecule has 0 atom stereocenters. The van der Waals surface area contributed by atoms with Crippen LogP contribution in [0.4, 0.5) is 4.39 Å². The van der Waals surface area contributed by atoms with E-state index in [1.54, 1.807) is 35.2 Å². The molecule has 2 amide bonds. The molecule has 38 heavy (non-hydrogen) atoms. The first-order chi connectivity index (χ1) is 18.3. The second kappa shape index (κ2) is 14.2. The van der Waals surface area contributed by atoms with Gasteiger partial charge >= 0.3 is 0 Å². The Morgan fingerprint density at radius 1 is 0.947 bits per heavy atom. The average Bonchev–Trinajstić information content (AvgIpc) is 3.34. The van der Waals surface area contributed by atoms with Gasteiger partial charge < -0.3 is 28.4 Å². The van der Waals surface area contributed by atoms with E-state index in [2.05, 4.69) is 0 Å². The Morgan fingerprint density at radius 2 is 1.71 bits per heavy atom. The number of methoxy groups -OCH3 is 2. The van der Waals surface area contributed by atoms with Crippen molar-refractivity contribution >= 4 is 11.8 Å². The first-order valence-electron chi connectivity index (χ1n) is 12.5. The summed E-state index contributed by atoms with van der Waals surface area (Å²) in [6.45, 7) is 5.33. The largest absolute Gasteiger partial charge is 0.497 e. The highest BCUT2D eigenvalue weighted by molar-refractivity contribution is 5.99. The van der Waals surface area contributed by atoms with E-state index in [-0.39, 0.29) is 37.3 Å². The lowest BCUT2D eigenvalue weighted by Gasteiger charge is -2.28. The number of carbonyl (C=O) groups is 2. The van der Waals surface area contributed by atoms with Gasteiger partial charge in [0.15, 0.2) is 0 Å². The van der Waals surface area contributed by atoms with Gasteiger partial charge in [-0.05, 0) is 62.2 Å². The number of carbonyl (C=O) groups excluding carboxylic acids is 2. The second-order valence-corrected chi connectivity index (χ2v) is 8.73. The summed E-state index contributed by atoms with van der Waals surface area (Å²) in [6.07, 6.45) is 0.556. The van der Waals surface area contributed by atoms with E-state index in [4.69, 9.17) is 18.6 Å². The van der Waals surface area contributed by atoms with Crippen molar-refractivity contribution in [2.24, 2.45) is 0 Å². The van der Waals surface area contributed by atoms with Crippen molar-refractivity contribution in [3.63, 3.8) is 0 Å². The number of hydrogen-bond donors (Lipinski definition) is 0. The van der Waals surface area contributed by atoms with Crippen molar-refractivity contribution in [3.05, 3.63) is 83.1 Å². The number of halogens is 1. The van der Waals surface area contributed by atoms with E-state index in [1.807, 2.05) is 26.0 Å². The molecule has 0 saturated carbocycles. The van der Waals surface area contributed by atoms with Crippen LogP contribution in [0.15, 0.2) is 59.0 Å². The van der Waals surface area contributed by atoms with E-state index < -0.39 is 0 Å². The smallest absolute Gasteiger partial charge is 0.258 e. The molecule has 204 valence electrons. The minimum Gasteiger partial charge on any atom is -0.497 e. The molecule has 0 N–H and O–H groups in total. The normalized spacial score (nSPS) is 10.8. The molecule has 0 fully saturated rings. The highest BCUT2D eigenvalue weighted by Crippen LogP contribution is 2.26. The molecular weight excluding hydrogens is 491 g/mol. The highest BCUT2D eigenvalue weighted by atomic mass is 19.1. The zero-order chi connectivity index (χ0) is 27.5. The number of hydrogen-bond acceptors (Lipinski definition) is 6. The summed E-state index contributed by atoms with van der Waals surface area (Å²) in [5.41, 5.74) is 1.08. The summed E-state index contributed by atoms with van der Waals surface area (Å²) in [5.74, 6) is 1.28. The maximum atomic E-state index is 13.6. The van der Waals surface area contributed by atoms with Gasteiger partial charge in [-0.1, -0.05) is 12.1 Å². The van der Waals surface area contributed by atoms with Crippen LogP contribution in [0.3, 0.4) is 0 Å². The molecule has 0 saturated heterocycles.